The number of thiazole rings is 1. The molecule has 4 rings (SSSR count). The van der Waals surface area contributed by atoms with E-state index in [1.807, 2.05) is 56.4 Å². The SMILES string of the molecule is Cc1nc(CN(C)c2ccc3nnc(-c4ccccc4)n3n2)cs1. The van der Waals surface area contributed by atoms with Crippen LogP contribution in [0, 0.1) is 6.92 Å². The van der Waals surface area contributed by atoms with E-state index in [4.69, 9.17) is 5.10 Å². The van der Waals surface area contributed by atoms with Gasteiger partial charge in [0.05, 0.1) is 17.2 Å². The number of benzene rings is 1. The van der Waals surface area contributed by atoms with E-state index in [-0.39, 0.29) is 0 Å². The summed E-state index contributed by atoms with van der Waals surface area (Å²) < 4.78 is 1.79. The average molecular weight is 336 g/mol. The lowest BCUT2D eigenvalue weighted by Crippen LogP contribution is -2.19. The summed E-state index contributed by atoms with van der Waals surface area (Å²) in [6, 6.07) is 13.9. The minimum atomic E-state index is 0.714. The zero-order valence-corrected chi connectivity index (χ0v) is 14.2. The highest BCUT2D eigenvalue weighted by Gasteiger charge is 2.12. The van der Waals surface area contributed by atoms with Gasteiger partial charge in [-0.1, -0.05) is 30.3 Å². The maximum Gasteiger partial charge on any atom is 0.185 e. The van der Waals surface area contributed by atoms with Crippen LogP contribution < -0.4 is 4.90 Å². The van der Waals surface area contributed by atoms with Crippen molar-refractivity contribution >= 4 is 22.8 Å². The number of rotatable bonds is 4. The number of aromatic nitrogens is 5. The van der Waals surface area contributed by atoms with E-state index >= 15 is 0 Å². The summed E-state index contributed by atoms with van der Waals surface area (Å²) in [4.78, 5) is 6.58. The first-order chi connectivity index (χ1) is 11.7. The summed E-state index contributed by atoms with van der Waals surface area (Å²) in [5, 5.41) is 16.3. The van der Waals surface area contributed by atoms with Gasteiger partial charge in [-0.05, 0) is 19.1 Å². The van der Waals surface area contributed by atoms with Crippen LogP contribution >= 0.6 is 11.3 Å². The van der Waals surface area contributed by atoms with Gasteiger partial charge in [-0.3, -0.25) is 0 Å². The molecule has 0 aliphatic rings. The number of nitrogens with zero attached hydrogens (tertiary/aromatic N) is 6. The van der Waals surface area contributed by atoms with Crippen molar-refractivity contribution in [3.05, 3.63) is 58.5 Å². The molecule has 6 nitrogen and oxygen atoms in total. The van der Waals surface area contributed by atoms with Crippen LogP contribution in [0.25, 0.3) is 17.0 Å². The molecule has 0 aliphatic carbocycles. The number of hydrogen-bond acceptors (Lipinski definition) is 6. The molecule has 0 saturated carbocycles. The molecule has 3 aromatic heterocycles. The Labute approximate surface area is 143 Å². The number of anilines is 1. The third kappa shape index (κ3) is 2.74. The van der Waals surface area contributed by atoms with Gasteiger partial charge in [0.2, 0.25) is 0 Å². The molecule has 0 aliphatic heterocycles. The summed E-state index contributed by atoms with van der Waals surface area (Å²) in [6.45, 7) is 2.73. The van der Waals surface area contributed by atoms with Crippen LogP contribution in [0.2, 0.25) is 0 Å². The highest BCUT2D eigenvalue weighted by Crippen LogP contribution is 2.20. The van der Waals surface area contributed by atoms with Crippen molar-refractivity contribution in [2.75, 3.05) is 11.9 Å². The molecule has 0 fully saturated rings. The van der Waals surface area contributed by atoms with Crippen LogP contribution in [-0.2, 0) is 6.54 Å². The van der Waals surface area contributed by atoms with E-state index in [1.165, 1.54) is 0 Å². The highest BCUT2D eigenvalue weighted by molar-refractivity contribution is 7.09. The third-order valence-corrected chi connectivity index (χ3v) is 4.56. The Bertz CT molecular complexity index is 975. The normalized spacial score (nSPS) is 11.1. The molecule has 0 amide bonds. The summed E-state index contributed by atoms with van der Waals surface area (Å²) in [5.41, 5.74) is 2.77. The Kier molecular flexibility index (Phi) is 3.70. The molecule has 0 atom stereocenters. The van der Waals surface area contributed by atoms with Crippen LogP contribution in [0.4, 0.5) is 5.82 Å². The lowest BCUT2D eigenvalue weighted by Gasteiger charge is -2.16. The van der Waals surface area contributed by atoms with Crippen molar-refractivity contribution in [3.8, 4) is 11.4 Å². The number of aryl methyl sites for hydroxylation is 1. The zero-order valence-electron chi connectivity index (χ0n) is 13.4. The second-order valence-electron chi connectivity index (χ2n) is 5.57. The zero-order chi connectivity index (χ0) is 16.5. The predicted molar refractivity (Wildman–Crippen MR) is 95.2 cm³/mol. The van der Waals surface area contributed by atoms with Gasteiger partial charge in [-0.15, -0.1) is 26.6 Å². The second-order valence-corrected chi connectivity index (χ2v) is 6.63. The van der Waals surface area contributed by atoms with Crippen molar-refractivity contribution in [3.63, 3.8) is 0 Å². The molecule has 0 N–H and O–H groups in total. The average Bonchev–Trinajstić information content (AvgIpc) is 3.21. The monoisotopic (exact) mass is 336 g/mol. The van der Waals surface area contributed by atoms with Crippen LogP contribution in [0.3, 0.4) is 0 Å². The molecule has 0 bridgehead atoms. The molecular weight excluding hydrogens is 320 g/mol. The van der Waals surface area contributed by atoms with Gasteiger partial charge in [-0.2, -0.15) is 4.52 Å². The summed E-state index contributed by atoms with van der Waals surface area (Å²) in [6.07, 6.45) is 0. The second kappa shape index (κ2) is 6.01. The lowest BCUT2D eigenvalue weighted by atomic mass is 10.2. The van der Waals surface area contributed by atoms with Gasteiger partial charge in [0.25, 0.3) is 0 Å². The molecule has 3 heterocycles. The van der Waals surface area contributed by atoms with Gasteiger partial charge in [-0.25, -0.2) is 4.98 Å². The predicted octanol–water partition coefficient (Wildman–Crippen LogP) is 3.19. The quantitative estimate of drug-likeness (QED) is 0.573. The minimum Gasteiger partial charge on any atom is -0.352 e. The molecule has 120 valence electrons. The van der Waals surface area contributed by atoms with Crippen molar-refractivity contribution in [2.24, 2.45) is 0 Å². The molecule has 0 saturated heterocycles. The summed E-state index contributed by atoms with van der Waals surface area (Å²) in [5.74, 6) is 1.59. The molecule has 0 spiro atoms. The van der Waals surface area contributed by atoms with Crippen molar-refractivity contribution in [1.82, 2.24) is 24.8 Å². The number of hydrogen-bond donors (Lipinski definition) is 0. The Hall–Kier alpha value is -2.80. The third-order valence-electron chi connectivity index (χ3n) is 3.74. The molecule has 24 heavy (non-hydrogen) atoms. The lowest BCUT2D eigenvalue weighted by molar-refractivity contribution is 0.828. The first-order valence-electron chi connectivity index (χ1n) is 7.61. The van der Waals surface area contributed by atoms with Crippen LogP contribution in [0.5, 0.6) is 0 Å². The van der Waals surface area contributed by atoms with E-state index < -0.39 is 0 Å². The van der Waals surface area contributed by atoms with Gasteiger partial charge in [0.15, 0.2) is 11.5 Å². The van der Waals surface area contributed by atoms with Crippen LogP contribution in [-0.4, -0.2) is 31.8 Å². The molecular formula is C17H16N6S. The Morgan fingerprint density at radius 1 is 1.08 bits per heavy atom. The first-order valence-corrected chi connectivity index (χ1v) is 8.49. The Balaban J connectivity index is 1.69. The fourth-order valence-corrected chi connectivity index (χ4v) is 3.16. The maximum absolute atomic E-state index is 4.71. The number of fused-ring (bicyclic) bond motifs is 1. The molecule has 0 radical (unpaired) electrons. The van der Waals surface area contributed by atoms with Gasteiger partial charge >= 0.3 is 0 Å². The topological polar surface area (TPSA) is 59.2 Å². The fraction of sp³-hybridized carbons (Fsp3) is 0.176. The van der Waals surface area contributed by atoms with Gasteiger partial charge in [0, 0.05) is 18.0 Å². The summed E-state index contributed by atoms with van der Waals surface area (Å²) in [7, 11) is 2.01. The van der Waals surface area contributed by atoms with Crippen molar-refractivity contribution in [2.45, 2.75) is 13.5 Å². The minimum absolute atomic E-state index is 0.714. The molecule has 0 unspecified atom stereocenters. The summed E-state index contributed by atoms with van der Waals surface area (Å²) >= 11 is 1.66. The van der Waals surface area contributed by atoms with Gasteiger partial charge in [0.1, 0.15) is 5.82 Å². The van der Waals surface area contributed by atoms with E-state index in [9.17, 15) is 0 Å². The van der Waals surface area contributed by atoms with E-state index in [2.05, 4.69) is 25.5 Å². The van der Waals surface area contributed by atoms with Crippen LogP contribution in [0.1, 0.15) is 10.7 Å². The van der Waals surface area contributed by atoms with E-state index in [1.54, 1.807) is 15.9 Å². The van der Waals surface area contributed by atoms with Gasteiger partial charge < -0.3 is 4.90 Å². The largest absolute Gasteiger partial charge is 0.352 e. The fourth-order valence-electron chi connectivity index (χ4n) is 2.55. The van der Waals surface area contributed by atoms with Crippen molar-refractivity contribution < 1.29 is 0 Å². The molecule has 4 aromatic rings. The standard InChI is InChI=1S/C17H16N6S/c1-12-18-14(11-24-12)10-22(2)16-9-8-15-19-20-17(23(15)21-16)13-6-4-3-5-7-13/h3-9,11H,10H2,1-2H3. The Morgan fingerprint density at radius 3 is 2.67 bits per heavy atom. The van der Waals surface area contributed by atoms with E-state index in [0.717, 1.165) is 33.6 Å². The molecule has 7 heteroatoms. The van der Waals surface area contributed by atoms with Crippen LogP contribution in [0.15, 0.2) is 47.8 Å². The van der Waals surface area contributed by atoms with E-state index in [0.29, 0.717) is 6.54 Å². The first kappa shape index (κ1) is 14.8. The highest BCUT2D eigenvalue weighted by atomic mass is 32.1. The Morgan fingerprint density at radius 2 is 1.92 bits per heavy atom. The molecule has 1 aromatic carbocycles. The smallest absolute Gasteiger partial charge is 0.185 e. The van der Waals surface area contributed by atoms with Crippen molar-refractivity contribution in [1.29, 1.82) is 0 Å². The maximum atomic E-state index is 4.71.